The molecule has 1 aliphatic heterocycles. The summed E-state index contributed by atoms with van der Waals surface area (Å²) in [7, 11) is -2.30. The van der Waals surface area contributed by atoms with Gasteiger partial charge in [-0.3, -0.25) is 0 Å². The van der Waals surface area contributed by atoms with E-state index in [4.69, 9.17) is 15.5 Å². The van der Waals surface area contributed by atoms with Crippen molar-refractivity contribution in [3.8, 4) is 11.4 Å². The number of ether oxygens (including phenoxy) is 1. The average Bonchev–Trinajstić information content (AvgIpc) is 3.47. The summed E-state index contributed by atoms with van der Waals surface area (Å²) in [6, 6.07) is 5.55. The minimum absolute atomic E-state index is 0.165. The minimum atomic E-state index is -2.30. The van der Waals surface area contributed by atoms with Crippen LogP contribution >= 0.6 is 0 Å². The van der Waals surface area contributed by atoms with Gasteiger partial charge in [0.2, 0.25) is 0 Å². The molecule has 9 heteroatoms. The molecule has 1 saturated carbocycles. The van der Waals surface area contributed by atoms with Crippen LogP contribution in [0.5, 0.6) is 0 Å². The van der Waals surface area contributed by atoms with E-state index >= 15 is 0 Å². The predicted octanol–water partition coefficient (Wildman–Crippen LogP) is 2.24. The van der Waals surface area contributed by atoms with Gasteiger partial charge in [-0.05, 0) is 31.9 Å². The second kappa shape index (κ2) is 7.05. The van der Waals surface area contributed by atoms with E-state index in [1.165, 1.54) is 0 Å². The van der Waals surface area contributed by atoms with E-state index in [0.29, 0.717) is 30.7 Å². The number of pyridine rings is 1. The molecule has 0 spiro atoms. The summed E-state index contributed by atoms with van der Waals surface area (Å²) in [4.78, 5) is 15.5. The molecule has 144 valence electrons. The summed E-state index contributed by atoms with van der Waals surface area (Å²) in [6.45, 7) is 4.11. The maximum Gasteiger partial charge on any atom is 0.167 e. The van der Waals surface area contributed by atoms with Crippen molar-refractivity contribution < 1.29 is 8.95 Å². The van der Waals surface area contributed by atoms with Gasteiger partial charge in [-0.1, -0.05) is 0 Å². The molecule has 2 fully saturated rings. The minimum Gasteiger partial charge on any atom is -0.384 e. The van der Waals surface area contributed by atoms with Crippen molar-refractivity contribution in [2.75, 3.05) is 36.6 Å². The lowest BCUT2D eigenvalue weighted by molar-refractivity contribution is 0.0985. The van der Waals surface area contributed by atoms with Crippen LogP contribution in [-0.2, 0) is 14.5 Å². The smallest absolute Gasteiger partial charge is 0.167 e. The molecular weight excluding hydrogens is 364 g/mol. The van der Waals surface area contributed by atoms with E-state index in [2.05, 4.69) is 26.2 Å². The topological polar surface area (TPSA) is 107 Å². The van der Waals surface area contributed by atoms with Crippen molar-refractivity contribution in [2.24, 2.45) is 4.36 Å². The van der Waals surface area contributed by atoms with Gasteiger partial charge < -0.3 is 15.4 Å². The molecule has 1 saturated heterocycles. The molecule has 2 N–H and O–H groups in total. The van der Waals surface area contributed by atoms with Gasteiger partial charge in [-0.2, -0.15) is 4.36 Å². The summed E-state index contributed by atoms with van der Waals surface area (Å²) >= 11 is 0. The van der Waals surface area contributed by atoms with Crippen LogP contribution in [-0.4, -0.2) is 56.5 Å². The summed E-state index contributed by atoms with van der Waals surface area (Å²) in [5, 5.41) is 0.165. The lowest BCUT2D eigenvalue weighted by Crippen LogP contribution is -2.44. The lowest BCUT2D eigenvalue weighted by Gasteiger charge is -2.34. The number of nitrogens with two attached hydrogens (primary N) is 1. The number of hydrogen-bond acceptors (Lipinski definition) is 8. The Bertz CT molecular complexity index is 968. The van der Waals surface area contributed by atoms with Crippen LogP contribution in [0.1, 0.15) is 19.8 Å². The van der Waals surface area contributed by atoms with E-state index < -0.39 is 9.73 Å². The zero-order valence-corrected chi connectivity index (χ0v) is 16.4. The largest absolute Gasteiger partial charge is 0.384 e. The van der Waals surface area contributed by atoms with Crippen molar-refractivity contribution in [1.82, 2.24) is 15.0 Å². The molecule has 4 rings (SSSR count). The van der Waals surface area contributed by atoms with Crippen LogP contribution in [0, 0.1) is 0 Å². The lowest BCUT2D eigenvalue weighted by atomic mass is 10.2. The third-order valence-electron chi connectivity index (χ3n) is 4.82. The normalized spacial score (nSPS) is 22.3. The quantitative estimate of drug-likeness (QED) is 0.856. The standard InChI is InChI=1S/C18H24N6O2S/c1-12-11-26-8-7-24(12)17-10-16(23-27(2,25)14-3-4-14)21-18(22-17)13-5-6-20-15(19)9-13/h5-6,9-10,12,14H,3-4,7-8,11H2,1-2H3,(H2,19,20)/t12-,27+/m1/s1. The molecule has 27 heavy (non-hydrogen) atoms. The number of aromatic nitrogens is 3. The fourth-order valence-electron chi connectivity index (χ4n) is 3.17. The number of nitrogen functional groups attached to an aromatic ring is 1. The Morgan fingerprint density at radius 2 is 2.15 bits per heavy atom. The number of hydrogen-bond donors (Lipinski definition) is 1. The zero-order valence-electron chi connectivity index (χ0n) is 15.5. The van der Waals surface area contributed by atoms with E-state index in [0.717, 1.165) is 30.8 Å². The Morgan fingerprint density at radius 3 is 2.85 bits per heavy atom. The molecule has 2 atom stereocenters. The van der Waals surface area contributed by atoms with Crippen molar-refractivity contribution in [3.63, 3.8) is 0 Å². The molecule has 0 radical (unpaired) electrons. The highest BCUT2D eigenvalue weighted by molar-refractivity contribution is 7.93. The monoisotopic (exact) mass is 388 g/mol. The molecule has 3 heterocycles. The summed E-state index contributed by atoms with van der Waals surface area (Å²) in [5.74, 6) is 2.11. The number of anilines is 2. The Kier molecular flexibility index (Phi) is 4.73. The molecule has 0 aromatic carbocycles. The molecule has 0 bridgehead atoms. The maximum absolute atomic E-state index is 12.9. The van der Waals surface area contributed by atoms with Crippen LogP contribution in [0.25, 0.3) is 11.4 Å². The summed E-state index contributed by atoms with van der Waals surface area (Å²) in [5.41, 5.74) is 6.58. The van der Waals surface area contributed by atoms with Crippen LogP contribution in [0.3, 0.4) is 0 Å². The molecule has 2 aliphatic rings. The molecule has 2 aromatic rings. The number of rotatable bonds is 4. The fourth-order valence-corrected chi connectivity index (χ4v) is 4.79. The Hall–Kier alpha value is -2.26. The number of morpholine rings is 1. The van der Waals surface area contributed by atoms with Crippen molar-refractivity contribution in [3.05, 3.63) is 24.4 Å². The Labute approximate surface area is 159 Å². The maximum atomic E-state index is 12.9. The van der Waals surface area contributed by atoms with Crippen LogP contribution in [0.15, 0.2) is 28.8 Å². The van der Waals surface area contributed by atoms with Gasteiger partial charge in [0.25, 0.3) is 0 Å². The molecular formula is C18H24N6O2S. The van der Waals surface area contributed by atoms with Gasteiger partial charge in [-0.15, -0.1) is 0 Å². The van der Waals surface area contributed by atoms with Gasteiger partial charge in [0, 0.05) is 35.9 Å². The highest BCUT2D eigenvalue weighted by Gasteiger charge is 2.31. The van der Waals surface area contributed by atoms with Crippen LogP contribution < -0.4 is 10.6 Å². The summed E-state index contributed by atoms with van der Waals surface area (Å²) < 4.78 is 22.9. The van der Waals surface area contributed by atoms with E-state index in [1.54, 1.807) is 18.5 Å². The predicted molar refractivity (Wildman–Crippen MR) is 106 cm³/mol. The van der Waals surface area contributed by atoms with Crippen molar-refractivity contribution in [1.29, 1.82) is 0 Å². The van der Waals surface area contributed by atoms with Gasteiger partial charge in [0.15, 0.2) is 11.6 Å². The van der Waals surface area contributed by atoms with Crippen molar-refractivity contribution >= 4 is 27.2 Å². The van der Waals surface area contributed by atoms with Crippen LogP contribution in [0.4, 0.5) is 17.5 Å². The van der Waals surface area contributed by atoms with Gasteiger partial charge in [-0.25, -0.2) is 19.2 Å². The first-order chi connectivity index (χ1) is 12.9. The second-order valence-electron chi connectivity index (χ2n) is 7.15. The second-order valence-corrected chi connectivity index (χ2v) is 9.72. The fraction of sp³-hybridized carbons (Fsp3) is 0.500. The van der Waals surface area contributed by atoms with E-state index in [-0.39, 0.29) is 11.3 Å². The first-order valence-electron chi connectivity index (χ1n) is 9.09. The molecule has 0 unspecified atom stereocenters. The zero-order chi connectivity index (χ0) is 19.0. The van der Waals surface area contributed by atoms with Crippen LogP contribution in [0.2, 0.25) is 0 Å². The van der Waals surface area contributed by atoms with Gasteiger partial charge >= 0.3 is 0 Å². The highest BCUT2D eigenvalue weighted by atomic mass is 32.2. The van der Waals surface area contributed by atoms with Gasteiger partial charge in [0.05, 0.1) is 29.0 Å². The molecule has 0 amide bonds. The molecule has 2 aromatic heterocycles. The third-order valence-corrected chi connectivity index (χ3v) is 7.08. The SMILES string of the molecule is C[C@@H]1COCCN1c1cc(N=[S@@](C)(=O)C2CC2)nc(-c2ccnc(N)c2)n1. The Morgan fingerprint density at radius 1 is 1.33 bits per heavy atom. The third kappa shape index (κ3) is 4.03. The van der Waals surface area contributed by atoms with E-state index in [9.17, 15) is 4.21 Å². The molecule has 1 aliphatic carbocycles. The Balaban J connectivity index is 1.82. The molecule has 8 nitrogen and oxygen atoms in total. The van der Waals surface area contributed by atoms with E-state index in [1.807, 2.05) is 12.1 Å². The number of nitrogens with zero attached hydrogens (tertiary/aromatic N) is 5. The van der Waals surface area contributed by atoms with Crippen molar-refractivity contribution in [2.45, 2.75) is 31.1 Å². The first kappa shape index (κ1) is 18.1. The highest BCUT2D eigenvalue weighted by Crippen LogP contribution is 2.33. The summed E-state index contributed by atoms with van der Waals surface area (Å²) in [6.07, 6.45) is 5.27. The average molecular weight is 388 g/mol. The van der Waals surface area contributed by atoms with Gasteiger partial charge in [0.1, 0.15) is 11.6 Å². The first-order valence-corrected chi connectivity index (χ1v) is 11.1.